The number of amides is 1. The third-order valence-electron chi connectivity index (χ3n) is 2.65. The summed E-state index contributed by atoms with van der Waals surface area (Å²) in [6.45, 7) is 2.65. The number of hydrogen-bond donors (Lipinski definition) is 1. The molecule has 2 rings (SSSR count). The van der Waals surface area contributed by atoms with Gasteiger partial charge in [-0.1, -0.05) is 6.92 Å². The van der Waals surface area contributed by atoms with Gasteiger partial charge in [-0.25, -0.2) is 10.3 Å². The Labute approximate surface area is 100 Å². The Balaban J connectivity index is 1.80. The van der Waals surface area contributed by atoms with Crippen LogP contribution in [0.5, 0.6) is 0 Å². The van der Waals surface area contributed by atoms with Crippen LogP contribution in [-0.4, -0.2) is 18.8 Å². The molecule has 1 saturated heterocycles. The maximum Gasteiger partial charge on any atom is 0.310 e. The van der Waals surface area contributed by atoms with E-state index in [9.17, 15) is 4.79 Å². The van der Waals surface area contributed by atoms with E-state index < -0.39 is 0 Å². The van der Waals surface area contributed by atoms with E-state index in [0.717, 1.165) is 31.4 Å². The maximum atomic E-state index is 11.6. The van der Waals surface area contributed by atoms with Gasteiger partial charge >= 0.3 is 5.91 Å². The lowest BCUT2D eigenvalue weighted by atomic mass is 10.2. The SMILES string of the molecule is CCc1ccc(C(=O)NO[C@H]2CCCCO2)o1. The Hall–Kier alpha value is -1.33. The van der Waals surface area contributed by atoms with Crippen LogP contribution in [0.15, 0.2) is 16.5 Å². The lowest BCUT2D eigenvalue weighted by Gasteiger charge is -2.21. The first-order valence-corrected chi connectivity index (χ1v) is 5.96. The molecule has 17 heavy (non-hydrogen) atoms. The van der Waals surface area contributed by atoms with Crippen molar-refractivity contribution in [2.75, 3.05) is 6.61 Å². The molecule has 5 heteroatoms. The molecule has 0 spiro atoms. The van der Waals surface area contributed by atoms with E-state index in [0.29, 0.717) is 6.61 Å². The molecule has 0 saturated carbocycles. The molecule has 0 aliphatic carbocycles. The highest BCUT2D eigenvalue weighted by Crippen LogP contribution is 2.13. The molecular weight excluding hydrogens is 222 g/mol. The van der Waals surface area contributed by atoms with Gasteiger partial charge in [-0.2, -0.15) is 0 Å². The predicted octanol–water partition coefficient (Wildman–Crippen LogP) is 2.03. The first-order chi connectivity index (χ1) is 8.29. The summed E-state index contributed by atoms with van der Waals surface area (Å²) < 4.78 is 10.6. The largest absolute Gasteiger partial charge is 0.456 e. The monoisotopic (exact) mass is 239 g/mol. The lowest BCUT2D eigenvalue weighted by Crippen LogP contribution is -2.32. The van der Waals surface area contributed by atoms with Crippen molar-refractivity contribution in [1.29, 1.82) is 0 Å². The van der Waals surface area contributed by atoms with Gasteiger partial charge in [-0.15, -0.1) is 0 Å². The summed E-state index contributed by atoms with van der Waals surface area (Å²) in [7, 11) is 0. The number of aryl methyl sites for hydroxylation is 1. The Morgan fingerprint density at radius 2 is 2.41 bits per heavy atom. The molecule has 1 amide bonds. The van der Waals surface area contributed by atoms with Crippen LogP contribution in [0.2, 0.25) is 0 Å². The van der Waals surface area contributed by atoms with E-state index in [1.807, 2.05) is 6.92 Å². The third kappa shape index (κ3) is 3.31. The van der Waals surface area contributed by atoms with E-state index in [-0.39, 0.29) is 18.0 Å². The molecule has 1 aliphatic heterocycles. The van der Waals surface area contributed by atoms with Gasteiger partial charge < -0.3 is 9.15 Å². The quantitative estimate of drug-likeness (QED) is 0.817. The van der Waals surface area contributed by atoms with Crippen molar-refractivity contribution in [3.05, 3.63) is 23.7 Å². The molecule has 0 radical (unpaired) electrons. The van der Waals surface area contributed by atoms with Gasteiger partial charge in [0.1, 0.15) is 5.76 Å². The predicted molar refractivity (Wildman–Crippen MR) is 60.2 cm³/mol. The van der Waals surface area contributed by atoms with Crippen molar-refractivity contribution in [2.24, 2.45) is 0 Å². The fourth-order valence-corrected chi connectivity index (χ4v) is 1.66. The van der Waals surface area contributed by atoms with Crippen molar-refractivity contribution < 1.29 is 18.8 Å². The molecule has 5 nitrogen and oxygen atoms in total. The molecule has 2 heterocycles. The van der Waals surface area contributed by atoms with Crippen LogP contribution in [0, 0.1) is 0 Å². The molecule has 0 bridgehead atoms. The molecule has 0 unspecified atom stereocenters. The number of hydrogen-bond acceptors (Lipinski definition) is 4. The molecule has 1 N–H and O–H groups in total. The Kier molecular flexibility index (Phi) is 4.17. The normalized spacial score (nSPS) is 20.2. The fourth-order valence-electron chi connectivity index (χ4n) is 1.66. The number of carbonyl (C=O) groups is 1. The fraction of sp³-hybridized carbons (Fsp3) is 0.583. The van der Waals surface area contributed by atoms with Crippen LogP contribution in [0.25, 0.3) is 0 Å². The van der Waals surface area contributed by atoms with Gasteiger partial charge in [-0.3, -0.25) is 4.79 Å². The van der Waals surface area contributed by atoms with Crippen LogP contribution in [-0.2, 0) is 16.0 Å². The van der Waals surface area contributed by atoms with E-state index in [1.54, 1.807) is 12.1 Å². The minimum absolute atomic E-state index is 0.262. The summed E-state index contributed by atoms with van der Waals surface area (Å²) in [6.07, 6.45) is 3.33. The molecule has 1 atom stereocenters. The number of furan rings is 1. The maximum absolute atomic E-state index is 11.6. The highest BCUT2D eigenvalue weighted by Gasteiger charge is 2.17. The minimum Gasteiger partial charge on any atom is -0.456 e. The Morgan fingerprint density at radius 3 is 3.06 bits per heavy atom. The number of carbonyl (C=O) groups excluding carboxylic acids is 1. The summed E-state index contributed by atoms with van der Waals surface area (Å²) in [5.74, 6) is 0.667. The van der Waals surface area contributed by atoms with Crippen molar-refractivity contribution in [3.8, 4) is 0 Å². The minimum atomic E-state index is -0.376. The van der Waals surface area contributed by atoms with Gasteiger partial charge in [0.2, 0.25) is 0 Å². The third-order valence-corrected chi connectivity index (χ3v) is 2.65. The van der Waals surface area contributed by atoms with E-state index >= 15 is 0 Å². The topological polar surface area (TPSA) is 60.7 Å². The van der Waals surface area contributed by atoms with Crippen molar-refractivity contribution >= 4 is 5.91 Å². The van der Waals surface area contributed by atoms with Gasteiger partial charge in [0.05, 0.1) is 0 Å². The van der Waals surface area contributed by atoms with Crippen molar-refractivity contribution in [2.45, 2.75) is 38.9 Å². The number of rotatable bonds is 4. The highest BCUT2D eigenvalue weighted by atomic mass is 16.8. The van der Waals surface area contributed by atoms with Gasteiger partial charge in [0.15, 0.2) is 12.1 Å². The molecule has 94 valence electrons. The molecule has 1 aromatic rings. The molecular formula is C12H17NO4. The summed E-state index contributed by atoms with van der Waals surface area (Å²) in [5, 5.41) is 0. The van der Waals surface area contributed by atoms with Crippen molar-refractivity contribution in [1.82, 2.24) is 5.48 Å². The zero-order chi connectivity index (χ0) is 12.1. The molecule has 1 aromatic heterocycles. The van der Waals surface area contributed by atoms with Crippen molar-refractivity contribution in [3.63, 3.8) is 0 Å². The first kappa shape index (κ1) is 12.1. The second-order valence-electron chi connectivity index (χ2n) is 3.96. The zero-order valence-corrected chi connectivity index (χ0v) is 9.90. The van der Waals surface area contributed by atoms with Gasteiger partial charge in [-0.05, 0) is 25.0 Å². The van der Waals surface area contributed by atoms with Crippen LogP contribution in [0.4, 0.5) is 0 Å². The molecule has 0 aromatic carbocycles. The second-order valence-corrected chi connectivity index (χ2v) is 3.96. The summed E-state index contributed by atoms with van der Waals surface area (Å²) >= 11 is 0. The average Bonchev–Trinajstić information content (AvgIpc) is 2.86. The Morgan fingerprint density at radius 1 is 1.53 bits per heavy atom. The van der Waals surface area contributed by atoms with Gasteiger partial charge in [0, 0.05) is 19.4 Å². The highest BCUT2D eigenvalue weighted by molar-refractivity contribution is 5.90. The second kappa shape index (κ2) is 5.84. The van der Waals surface area contributed by atoms with E-state index in [4.69, 9.17) is 14.0 Å². The van der Waals surface area contributed by atoms with Crippen LogP contribution in [0.3, 0.4) is 0 Å². The number of nitrogens with one attached hydrogen (secondary N) is 1. The number of ether oxygens (including phenoxy) is 1. The summed E-state index contributed by atoms with van der Waals surface area (Å²) in [4.78, 5) is 16.8. The average molecular weight is 239 g/mol. The number of hydroxylamine groups is 1. The van der Waals surface area contributed by atoms with Crippen LogP contribution < -0.4 is 5.48 Å². The van der Waals surface area contributed by atoms with E-state index in [2.05, 4.69) is 5.48 Å². The Bertz CT molecular complexity index is 368. The summed E-state index contributed by atoms with van der Waals surface area (Å²) in [5.41, 5.74) is 2.35. The zero-order valence-electron chi connectivity index (χ0n) is 9.90. The molecule has 1 fully saturated rings. The standard InChI is InChI=1S/C12H17NO4/c1-2-9-6-7-10(16-9)12(14)13-17-11-5-3-4-8-15-11/h6-7,11H,2-5,8H2,1H3,(H,13,14)/t11-/m0/s1. The van der Waals surface area contributed by atoms with Crippen LogP contribution in [0.1, 0.15) is 42.5 Å². The van der Waals surface area contributed by atoms with Gasteiger partial charge in [0.25, 0.3) is 0 Å². The lowest BCUT2D eigenvalue weighted by molar-refractivity contribution is -0.187. The first-order valence-electron chi connectivity index (χ1n) is 5.96. The van der Waals surface area contributed by atoms with E-state index in [1.165, 1.54) is 0 Å². The van der Waals surface area contributed by atoms with Crippen LogP contribution >= 0.6 is 0 Å². The smallest absolute Gasteiger partial charge is 0.310 e. The summed E-state index contributed by atoms with van der Waals surface area (Å²) in [6, 6.07) is 3.42. The molecule has 1 aliphatic rings.